The van der Waals surface area contributed by atoms with Crippen molar-refractivity contribution in [3.05, 3.63) is 41.8 Å². The van der Waals surface area contributed by atoms with Crippen LogP contribution >= 0.6 is 0 Å². The molecule has 1 aliphatic rings. The molecule has 1 aliphatic heterocycles. The highest BCUT2D eigenvalue weighted by molar-refractivity contribution is 5.98. The van der Waals surface area contributed by atoms with Crippen LogP contribution < -0.4 is 10.6 Å². The number of amides is 2. The van der Waals surface area contributed by atoms with Crippen molar-refractivity contribution in [2.75, 3.05) is 11.4 Å². The largest absolute Gasteiger partial charge is 0.407 e. The monoisotopic (exact) mass is 286 g/mol. The van der Waals surface area contributed by atoms with E-state index in [1.807, 2.05) is 30.3 Å². The van der Waals surface area contributed by atoms with Crippen molar-refractivity contribution in [3.8, 4) is 0 Å². The lowest BCUT2D eigenvalue weighted by molar-refractivity contribution is -0.123. The lowest BCUT2D eigenvalue weighted by atomic mass is 10.1. The topological polar surface area (TPSA) is 102 Å². The Morgan fingerprint density at radius 3 is 2.76 bits per heavy atom. The van der Waals surface area contributed by atoms with Gasteiger partial charge >= 0.3 is 6.01 Å². The highest BCUT2D eigenvalue weighted by Gasteiger charge is 2.36. The normalized spacial score (nSPS) is 18.2. The fraction of sp³-hybridized carbons (Fsp3) is 0.286. The number of aromatic nitrogens is 2. The molecule has 1 aromatic carbocycles. The number of primary amides is 1. The van der Waals surface area contributed by atoms with Gasteiger partial charge in [-0.2, -0.15) is 0 Å². The van der Waals surface area contributed by atoms with E-state index in [1.165, 1.54) is 4.90 Å². The molecule has 2 heterocycles. The van der Waals surface area contributed by atoms with Gasteiger partial charge in [-0.25, -0.2) is 0 Å². The molecule has 1 atom stereocenters. The van der Waals surface area contributed by atoms with E-state index in [9.17, 15) is 9.59 Å². The van der Waals surface area contributed by atoms with Gasteiger partial charge in [0.05, 0.1) is 12.3 Å². The lowest BCUT2D eigenvalue weighted by Crippen LogP contribution is -2.28. The molecule has 0 radical (unpaired) electrons. The van der Waals surface area contributed by atoms with Crippen molar-refractivity contribution in [1.82, 2.24) is 10.2 Å². The van der Waals surface area contributed by atoms with Crippen LogP contribution in [0.2, 0.25) is 0 Å². The molecule has 1 unspecified atom stereocenters. The van der Waals surface area contributed by atoms with E-state index in [0.717, 1.165) is 5.56 Å². The van der Waals surface area contributed by atoms with Gasteiger partial charge in [0.25, 0.3) is 0 Å². The first-order valence-electron chi connectivity index (χ1n) is 6.59. The number of anilines is 1. The number of rotatable bonds is 4. The predicted molar refractivity (Wildman–Crippen MR) is 73.2 cm³/mol. The average Bonchev–Trinajstić information content (AvgIpc) is 3.06. The maximum atomic E-state index is 11.8. The SMILES string of the molecule is NC(=O)C1CC(=O)N(c2nnc(Cc3ccccc3)o2)C1. The molecule has 7 nitrogen and oxygen atoms in total. The first kappa shape index (κ1) is 13.3. The molecular formula is C14H14N4O3. The molecule has 1 fully saturated rings. The second-order valence-electron chi connectivity index (χ2n) is 4.95. The van der Waals surface area contributed by atoms with E-state index >= 15 is 0 Å². The maximum Gasteiger partial charge on any atom is 0.325 e. The number of carbonyl (C=O) groups excluding carboxylic acids is 2. The third-order valence-corrected chi connectivity index (χ3v) is 3.41. The summed E-state index contributed by atoms with van der Waals surface area (Å²) in [5.74, 6) is -0.794. The minimum Gasteiger partial charge on any atom is -0.407 e. The van der Waals surface area contributed by atoms with Crippen molar-refractivity contribution < 1.29 is 14.0 Å². The molecule has 108 valence electrons. The van der Waals surface area contributed by atoms with Gasteiger partial charge in [-0.15, -0.1) is 5.10 Å². The number of hydrogen-bond acceptors (Lipinski definition) is 5. The summed E-state index contributed by atoms with van der Waals surface area (Å²) in [6.07, 6.45) is 0.584. The maximum absolute atomic E-state index is 11.8. The zero-order chi connectivity index (χ0) is 14.8. The molecule has 3 rings (SSSR count). The smallest absolute Gasteiger partial charge is 0.325 e. The van der Waals surface area contributed by atoms with Crippen LogP contribution in [0.15, 0.2) is 34.7 Å². The van der Waals surface area contributed by atoms with Gasteiger partial charge in [0.1, 0.15) is 0 Å². The summed E-state index contributed by atoms with van der Waals surface area (Å²) in [5.41, 5.74) is 6.26. The van der Waals surface area contributed by atoms with E-state index in [1.54, 1.807) is 0 Å². The van der Waals surface area contributed by atoms with Crippen LogP contribution in [0.1, 0.15) is 17.9 Å². The van der Waals surface area contributed by atoms with Gasteiger partial charge in [0.15, 0.2) is 0 Å². The molecule has 21 heavy (non-hydrogen) atoms. The molecule has 2 N–H and O–H groups in total. The van der Waals surface area contributed by atoms with Gasteiger partial charge in [-0.1, -0.05) is 35.4 Å². The quantitative estimate of drug-likeness (QED) is 0.881. The van der Waals surface area contributed by atoms with Crippen LogP contribution in [-0.2, 0) is 16.0 Å². The summed E-state index contributed by atoms with van der Waals surface area (Å²) >= 11 is 0. The highest BCUT2D eigenvalue weighted by atomic mass is 16.4. The van der Waals surface area contributed by atoms with Crippen molar-refractivity contribution in [1.29, 1.82) is 0 Å². The van der Waals surface area contributed by atoms with E-state index < -0.39 is 11.8 Å². The van der Waals surface area contributed by atoms with Crippen LogP contribution in [-0.4, -0.2) is 28.6 Å². The summed E-state index contributed by atoms with van der Waals surface area (Å²) in [4.78, 5) is 24.3. The number of benzene rings is 1. The van der Waals surface area contributed by atoms with Crippen molar-refractivity contribution >= 4 is 17.8 Å². The molecule has 7 heteroatoms. The second-order valence-corrected chi connectivity index (χ2v) is 4.95. The Kier molecular flexibility index (Phi) is 3.39. The van der Waals surface area contributed by atoms with E-state index in [4.69, 9.17) is 10.2 Å². The van der Waals surface area contributed by atoms with Gasteiger partial charge in [-0.05, 0) is 5.56 Å². The van der Waals surface area contributed by atoms with Gasteiger partial charge < -0.3 is 10.2 Å². The zero-order valence-electron chi connectivity index (χ0n) is 11.2. The van der Waals surface area contributed by atoms with Crippen LogP contribution in [0.25, 0.3) is 0 Å². The Balaban J connectivity index is 1.73. The molecule has 0 saturated carbocycles. The minimum atomic E-state index is -0.498. The molecule has 2 aromatic rings. The second kappa shape index (κ2) is 5.35. The van der Waals surface area contributed by atoms with Gasteiger partial charge in [-0.3, -0.25) is 14.5 Å². The van der Waals surface area contributed by atoms with E-state index in [-0.39, 0.29) is 24.9 Å². The molecular weight excluding hydrogens is 272 g/mol. The molecule has 0 bridgehead atoms. The van der Waals surface area contributed by atoms with Crippen LogP contribution in [0.4, 0.5) is 6.01 Å². The fourth-order valence-corrected chi connectivity index (χ4v) is 2.28. The van der Waals surface area contributed by atoms with Crippen molar-refractivity contribution in [2.45, 2.75) is 12.8 Å². The Bertz CT molecular complexity index is 668. The number of hydrogen-bond donors (Lipinski definition) is 1. The van der Waals surface area contributed by atoms with Gasteiger partial charge in [0.2, 0.25) is 17.7 Å². The van der Waals surface area contributed by atoms with Crippen LogP contribution in [0.3, 0.4) is 0 Å². The van der Waals surface area contributed by atoms with E-state index in [2.05, 4.69) is 10.2 Å². The third kappa shape index (κ3) is 2.76. The van der Waals surface area contributed by atoms with Crippen molar-refractivity contribution in [3.63, 3.8) is 0 Å². The summed E-state index contributed by atoms with van der Waals surface area (Å²) in [7, 11) is 0. The standard InChI is InChI=1S/C14H14N4O3/c15-13(20)10-7-12(19)18(8-10)14-17-16-11(21-14)6-9-4-2-1-3-5-9/h1-5,10H,6-8H2,(H2,15,20). The highest BCUT2D eigenvalue weighted by Crippen LogP contribution is 2.24. The molecule has 2 amide bonds. The Hall–Kier alpha value is -2.70. The fourth-order valence-electron chi connectivity index (χ4n) is 2.28. The first-order chi connectivity index (χ1) is 10.1. The first-order valence-corrected chi connectivity index (χ1v) is 6.59. The Morgan fingerprint density at radius 1 is 1.33 bits per heavy atom. The van der Waals surface area contributed by atoms with Gasteiger partial charge in [0, 0.05) is 13.0 Å². The minimum absolute atomic E-state index is 0.0890. The Morgan fingerprint density at radius 2 is 2.10 bits per heavy atom. The summed E-state index contributed by atoms with van der Waals surface area (Å²) in [5, 5.41) is 7.81. The Labute approximate surface area is 120 Å². The average molecular weight is 286 g/mol. The van der Waals surface area contributed by atoms with Crippen LogP contribution in [0.5, 0.6) is 0 Å². The van der Waals surface area contributed by atoms with Crippen LogP contribution in [0, 0.1) is 5.92 Å². The predicted octanol–water partition coefficient (Wildman–Crippen LogP) is 0.499. The van der Waals surface area contributed by atoms with E-state index in [0.29, 0.717) is 12.3 Å². The number of nitrogens with two attached hydrogens (primary N) is 1. The molecule has 0 aliphatic carbocycles. The number of nitrogens with zero attached hydrogens (tertiary/aromatic N) is 3. The molecule has 1 saturated heterocycles. The summed E-state index contributed by atoms with van der Waals surface area (Å²) < 4.78 is 5.50. The summed E-state index contributed by atoms with van der Waals surface area (Å²) in [6.45, 7) is 0.196. The third-order valence-electron chi connectivity index (χ3n) is 3.41. The molecule has 0 spiro atoms. The molecule has 1 aromatic heterocycles. The summed E-state index contributed by atoms with van der Waals surface area (Å²) in [6, 6.07) is 9.80. The van der Waals surface area contributed by atoms with Crippen molar-refractivity contribution in [2.24, 2.45) is 11.7 Å². The lowest BCUT2D eigenvalue weighted by Gasteiger charge is -2.09. The number of carbonyl (C=O) groups is 2. The zero-order valence-corrected chi connectivity index (χ0v) is 11.2.